The van der Waals surface area contributed by atoms with E-state index in [2.05, 4.69) is 4.98 Å². The van der Waals surface area contributed by atoms with Crippen LogP contribution in [0.4, 0.5) is 0 Å². The summed E-state index contributed by atoms with van der Waals surface area (Å²) in [5, 5.41) is 0.647. The number of aryl methyl sites for hydroxylation is 1. The maximum Gasteiger partial charge on any atom is 0.160 e. The number of halogens is 1. The molecule has 0 saturated heterocycles. The molecular formula is C11H8ClNOS. The first kappa shape index (κ1) is 10.3. The zero-order valence-electron chi connectivity index (χ0n) is 8.03. The number of pyridine rings is 1. The van der Waals surface area contributed by atoms with Crippen LogP contribution >= 0.6 is 22.9 Å². The molecule has 0 aromatic carbocycles. The van der Waals surface area contributed by atoms with E-state index in [1.807, 2.05) is 19.1 Å². The minimum absolute atomic E-state index is 0.647. The average Bonchev–Trinajstić information content (AvgIpc) is 2.70. The molecule has 0 unspecified atom stereocenters. The van der Waals surface area contributed by atoms with Gasteiger partial charge in [0.2, 0.25) is 0 Å². The lowest BCUT2D eigenvalue weighted by Gasteiger charge is -1.99. The number of carbonyl (C=O) groups excluding carboxylic acids is 1. The van der Waals surface area contributed by atoms with Crippen molar-refractivity contribution < 1.29 is 4.79 Å². The Balaban J connectivity index is 2.44. The molecule has 2 aromatic heterocycles. The lowest BCUT2D eigenvalue weighted by atomic mass is 10.2. The molecule has 0 bridgehead atoms. The maximum atomic E-state index is 10.5. The first-order valence-corrected chi connectivity index (χ1v) is 5.57. The fraction of sp³-hybridized carbons (Fsp3) is 0.0909. The van der Waals surface area contributed by atoms with Gasteiger partial charge >= 0.3 is 0 Å². The summed E-state index contributed by atoms with van der Waals surface area (Å²) >= 11 is 7.41. The third-order valence-corrected chi connectivity index (χ3v) is 3.49. The molecule has 0 N–H and O–H groups in total. The summed E-state index contributed by atoms with van der Waals surface area (Å²) in [5.41, 5.74) is 1.76. The molecule has 0 aliphatic heterocycles. The van der Waals surface area contributed by atoms with Gasteiger partial charge in [0.15, 0.2) is 6.29 Å². The molecule has 2 heterocycles. The molecule has 0 amide bonds. The predicted molar refractivity (Wildman–Crippen MR) is 62.7 cm³/mol. The van der Waals surface area contributed by atoms with E-state index >= 15 is 0 Å². The Labute approximate surface area is 96.5 Å². The molecule has 0 fully saturated rings. The molecule has 4 heteroatoms. The van der Waals surface area contributed by atoms with Crippen molar-refractivity contribution >= 4 is 29.2 Å². The van der Waals surface area contributed by atoms with E-state index in [4.69, 9.17) is 11.6 Å². The standard InChI is InChI=1S/C11H8ClNOS/c1-7-10(12)4-8(5-13-7)11-3-2-9(6-14)15-11/h2-6H,1H3. The van der Waals surface area contributed by atoms with Crippen molar-refractivity contribution in [1.82, 2.24) is 4.98 Å². The van der Waals surface area contributed by atoms with Crippen LogP contribution in [-0.4, -0.2) is 11.3 Å². The van der Waals surface area contributed by atoms with Crippen molar-refractivity contribution in [1.29, 1.82) is 0 Å². The van der Waals surface area contributed by atoms with Crippen LogP contribution in [0.2, 0.25) is 5.02 Å². The molecule has 0 atom stereocenters. The molecule has 76 valence electrons. The van der Waals surface area contributed by atoms with Gasteiger partial charge in [-0.05, 0) is 25.1 Å². The van der Waals surface area contributed by atoms with Crippen LogP contribution in [0.3, 0.4) is 0 Å². The highest BCUT2D eigenvalue weighted by molar-refractivity contribution is 7.17. The van der Waals surface area contributed by atoms with Gasteiger partial charge in [-0.3, -0.25) is 9.78 Å². The van der Waals surface area contributed by atoms with Gasteiger partial charge in [0, 0.05) is 16.6 Å². The number of nitrogens with zero attached hydrogens (tertiary/aromatic N) is 1. The van der Waals surface area contributed by atoms with Gasteiger partial charge in [-0.25, -0.2) is 0 Å². The number of aldehydes is 1. The first-order valence-electron chi connectivity index (χ1n) is 4.38. The van der Waals surface area contributed by atoms with Gasteiger partial charge in [-0.2, -0.15) is 0 Å². The first-order chi connectivity index (χ1) is 7.20. The molecule has 0 spiro atoms. The number of aromatic nitrogens is 1. The van der Waals surface area contributed by atoms with Crippen LogP contribution in [0.25, 0.3) is 10.4 Å². The van der Waals surface area contributed by atoms with Gasteiger partial charge < -0.3 is 0 Å². The number of hydrogen-bond donors (Lipinski definition) is 0. The Morgan fingerprint density at radius 3 is 2.87 bits per heavy atom. The van der Waals surface area contributed by atoms with Crippen LogP contribution in [-0.2, 0) is 0 Å². The summed E-state index contributed by atoms with van der Waals surface area (Å²) in [6.07, 6.45) is 2.61. The van der Waals surface area contributed by atoms with Gasteiger partial charge in [-0.1, -0.05) is 11.6 Å². The Hall–Kier alpha value is -1.19. The fourth-order valence-corrected chi connectivity index (χ4v) is 2.18. The van der Waals surface area contributed by atoms with Crippen molar-refractivity contribution in [3.63, 3.8) is 0 Å². The predicted octanol–water partition coefficient (Wildman–Crippen LogP) is 3.58. The Morgan fingerprint density at radius 2 is 2.27 bits per heavy atom. The van der Waals surface area contributed by atoms with Crippen LogP contribution in [0, 0.1) is 6.92 Å². The number of hydrogen-bond acceptors (Lipinski definition) is 3. The minimum Gasteiger partial charge on any atom is -0.297 e. The second kappa shape index (κ2) is 4.13. The van der Waals surface area contributed by atoms with Crippen LogP contribution in [0.5, 0.6) is 0 Å². The molecule has 0 aliphatic carbocycles. The van der Waals surface area contributed by atoms with Crippen LogP contribution < -0.4 is 0 Å². The number of carbonyl (C=O) groups is 1. The average molecular weight is 238 g/mol. The van der Waals surface area contributed by atoms with E-state index in [1.54, 1.807) is 12.3 Å². The van der Waals surface area contributed by atoms with E-state index in [-0.39, 0.29) is 0 Å². The Bertz CT molecular complexity index is 507. The molecule has 0 radical (unpaired) electrons. The van der Waals surface area contributed by atoms with E-state index in [9.17, 15) is 4.79 Å². The fourth-order valence-electron chi connectivity index (χ4n) is 1.21. The lowest BCUT2D eigenvalue weighted by molar-refractivity contribution is 0.112. The highest BCUT2D eigenvalue weighted by atomic mass is 35.5. The van der Waals surface area contributed by atoms with Crippen molar-refractivity contribution in [2.45, 2.75) is 6.92 Å². The number of thiophene rings is 1. The summed E-state index contributed by atoms with van der Waals surface area (Å²) in [4.78, 5) is 16.4. The summed E-state index contributed by atoms with van der Waals surface area (Å²) in [7, 11) is 0. The SMILES string of the molecule is Cc1ncc(-c2ccc(C=O)s2)cc1Cl. The third-order valence-electron chi connectivity index (χ3n) is 2.05. The molecule has 2 nitrogen and oxygen atoms in total. The summed E-state index contributed by atoms with van der Waals surface area (Å²) in [6, 6.07) is 5.56. The normalized spacial score (nSPS) is 10.3. The van der Waals surface area contributed by atoms with Gasteiger partial charge in [0.05, 0.1) is 15.6 Å². The smallest absolute Gasteiger partial charge is 0.160 e. The van der Waals surface area contributed by atoms with E-state index in [1.165, 1.54) is 11.3 Å². The zero-order valence-corrected chi connectivity index (χ0v) is 9.60. The Kier molecular flexibility index (Phi) is 2.84. The monoisotopic (exact) mass is 237 g/mol. The lowest BCUT2D eigenvalue weighted by Crippen LogP contribution is -1.82. The molecule has 0 saturated carbocycles. The molecule has 0 aliphatic rings. The quantitative estimate of drug-likeness (QED) is 0.748. The second-order valence-corrected chi connectivity index (χ2v) is 4.63. The van der Waals surface area contributed by atoms with Gasteiger partial charge in [0.25, 0.3) is 0 Å². The third kappa shape index (κ3) is 2.08. The minimum atomic E-state index is 0.647. The summed E-state index contributed by atoms with van der Waals surface area (Å²) in [5.74, 6) is 0. The summed E-state index contributed by atoms with van der Waals surface area (Å²) < 4.78 is 0. The largest absolute Gasteiger partial charge is 0.297 e. The van der Waals surface area contributed by atoms with Crippen molar-refractivity contribution in [3.05, 3.63) is 40.0 Å². The van der Waals surface area contributed by atoms with Gasteiger partial charge in [0.1, 0.15) is 0 Å². The topological polar surface area (TPSA) is 30.0 Å². The van der Waals surface area contributed by atoms with Crippen LogP contribution in [0.15, 0.2) is 24.4 Å². The van der Waals surface area contributed by atoms with Crippen molar-refractivity contribution in [2.24, 2.45) is 0 Å². The number of rotatable bonds is 2. The van der Waals surface area contributed by atoms with Gasteiger partial charge in [-0.15, -0.1) is 11.3 Å². The zero-order chi connectivity index (χ0) is 10.8. The molecular weight excluding hydrogens is 230 g/mol. The highest BCUT2D eigenvalue weighted by Crippen LogP contribution is 2.29. The van der Waals surface area contributed by atoms with Crippen LogP contribution in [0.1, 0.15) is 15.4 Å². The second-order valence-electron chi connectivity index (χ2n) is 3.11. The molecule has 2 aromatic rings. The molecule has 15 heavy (non-hydrogen) atoms. The highest BCUT2D eigenvalue weighted by Gasteiger charge is 2.04. The van der Waals surface area contributed by atoms with E-state index in [0.29, 0.717) is 9.90 Å². The van der Waals surface area contributed by atoms with Crippen molar-refractivity contribution in [2.75, 3.05) is 0 Å². The van der Waals surface area contributed by atoms with E-state index < -0.39 is 0 Å². The maximum absolute atomic E-state index is 10.5. The van der Waals surface area contributed by atoms with E-state index in [0.717, 1.165) is 22.4 Å². The van der Waals surface area contributed by atoms with Crippen molar-refractivity contribution in [3.8, 4) is 10.4 Å². The summed E-state index contributed by atoms with van der Waals surface area (Å²) in [6.45, 7) is 1.86. The Morgan fingerprint density at radius 1 is 1.47 bits per heavy atom. The molecule has 2 rings (SSSR count).